The van der Waals surface area contributed by atoms with Crippen molar-refractivity contribution < 1.29 is 16.8 Å². The van der Waals surface area contributed by atoms with Crippen LogP contribution in [0.25, 0.3) is 4.13 Å². The molecule has 0 atom stereocenters. The van der Waals surface area contributed by atoms with Gasteiger partial charge in [-0.25, -0.2) is 16.8 Å². The van der Waals surface area contributed by atoms with Crippen molar-refractivity contribution >= 4 is 20.0 Å². The third-order valence-corrected chi connectivity index (χ3v) is 3.34. The summed E-state index contributed by atoms with van der Waals surface area (Å²) in [4.78, 5) is 0. The topological polar surface area (TPSA) is 82.4 Å². The summed E-state index contributed by atoms with van der Waals surface area (Å²) in [5, 5.41) is 0. The molecule has 0 aliphatic heterocycles. The van der Waals surface area contributed by atoms with Crippen LogP contribution in [0.3, 0.4) is 0 Å². The highest BCUT2D eigenvalue weighted by molar-refractivity contribution is 8.11. The van der Waals surface area contributed by atoms with Gasteiger partial charge in [0.15, 0.2) is 0 Å². The standard InChI is InChI=1S/C3H8NO4S2.CH4/c1-3-10(7,8)4-9(2,5)6;/h3H2,1-2H3;1H4/q-1;. The van der Waals surface area contributed by atoms with Gasteiger partial charge >= 0.3 is 0 Å². The van der Waals surface area contributed by atoms with Gasteiger partial charge in [-0.2, -0.15) is 0 Å². The Morgan fingerprint density at radius 3 is 1.64 bits per heavy atom. The lowest BCUT2D eigenvalue weighted by Gasteiger charge is -2.14. The van der Waals surface area contributed by atoms with Crippen molar-refractivity contribution in [3.05, 3.63) is 4.13 Å². The molecule has 70 valence electrons. The normalized spacial score (nSPS) is 12.2. The average molecular weight is 202 g/mol. The molecule has 0 N–H and O–H groups in total. The minimum Gasteiger partial charge on any atom is -0.436 e. The molecule has 5 nitrogen and oxygen atoms in total. The highest BCUT2D eigenvalue weighted by Crippen LogP contribution is 2.06. The highest BCUT2D eigenvalue weighted by atomic mass is 32.3. The molecule has 0 fully saturated rings. The molecule has 0 rings (SSSR count). The van der Waals surface area contributed by atoms with E-state index in [1.165, 1.54) is 6.92 Å². The Kier molecular flexibility index (Phi) is 4.93. The van der Waals surface area contributed by atoms with E-state index in [1.807, 2.05) is 0 Å². The van der Waals surface area contributed by atoms with E-state index in [4.69, 9.17) is 0 Å². The van der Waals surface area contributed by atoms with Crippen LogP contribution in [-0.4, -0.2) is 28.8 Å². The molecule has 0 amide bonds. The molecule has 0 spiro atoms. The van der Waals surface area contributed by atoms with E-state index in [0.717, 1.165) is 6.26 Å². The maximum atomic E-state index is 10.5. The molecule has 11 heavy (non-hydrogen) atoms. The van der Waals surface area contributed by atoms with Crippen LogP contribution in [0, 0.1) is 0 Å². The smallest absolute Gasteiger partial charge is 0.0827 e. The van der Waals surface area contributed by atoms with Gasteiger partial charge in [-0.05, 0) is 0 Å². The quantitative estimate of drug-likeness (QED) is 0.659. The van der Waals surface area contributed by atoms with E-state index in [-0.39, 0.29) is 13.2 Å². The van der Waals surface area contributed by atoms with E-state index in [2.05, 4.69) is 4.13 Å². The van der Waals surface area contributed by atoms with E-state index in [9.17, 15) is 16.8 Å². The van der Waals surface area contributed by atoms with Crippen molar-refractivity contribution in [3.63, 3.8) is 0 Å². The first-order chi connectivity index (χ1) is 4.27. The van der Waals surface area contributed by atoms with Crippen LogP contribution in [0.1, 0.15) is 14.4 Å². The van der Waals surface area contributed by atoms with Gasteiger partial charge < -0.3 is 4.13 Å². The second kappa shape index (κ2) is 4.03. The summed E-state index contributed by atoms with van der Waals surface area (Å²) >= 11 is 0. The Bertz CT molecular complexity index is 288. The van der Waals surface area contributed by atoms with Crippen LogP contribution in [0.4, 0.5) is 0 Å². The molecule has 0 aliphatic rings. The molecule has 0 bridgehead atoms. The molecule has 0 aromatic carbocycles. The predicted octanol–water partition coefficient (Wildman–Crippen LogP) is 0.306. The molecule has 0 unspecified atom stereocenters. The molecule has 0 aromatic heterocycles. The lowest BCUT2D eigenvalue weighted by molar-refractivity contribution is 0.599. The van der Waals surface area contributed by atoms with Crippen LogP contribution >= 0.6 is 0 Å². The van der Waals surface area contributed by atoms with Gasteiger partial charge in [0.05, 0.1) is 20.0 Å². The fourth-order valence-electron chi connectivity index (χ4n) is 0.259. The summed E-state index contributed by atoms with van der Waals surface area (Å²) in [5.41, 5.74) is 0. The Morgan fingerprint density at radius 1 is 1.18 bits per heavy atom. The van der Waals surface area contributed by atoms with Crippen LogP contribution in [0.2, 0.25) is 0 Å². The fourth-order valence-corrected chi connectivity index (χ4v) is 2.33. The third-order valence-electron chi connectivity index (χ3n) is 0.614. The van der Waals surface area contributed by atoms with Crippen molar-refractivity contribution in [2.75, 3.05) is 12.0 Å². The van der Waals surface area contributed by atoms with Gasteiger partial charge in [-0.1, -0.05) is 14.4 Å². The number of rotatable bonds is 3. The number of sulfonamides is 2. The fraction of sp³-hybridized carbons (Fsp3) is 1.00. The van der Waals surface area contributed by atoms with Crippen LogP contribution in [0.5, 0.6) is 0 Å². The SMILES string of the molecule is C.CCS(=O)(=O)[N-]S(C)(=O)=O. The monoisotopic (exact) mass is 202 g/mol. The second-order valence-corrected chi connectivity index (χ2v) is 5.48. The Labute approximate surface area is 67.9 Å². The molecular formula is C4H12NO4S2-. The zero-order valence-corrected chi connectivity index (χ0v) is 7.24. The first-order valence-corrected chi connectivity index (χ1v) is 5.89. The minimum atomic E-state index is -3.76. The van der Waals surface area contributed by atoms with Crippen LogP contribution in [0.15, 0.2) is 0 Å². The first kappa shape index (κ1) is 13.4. The highest BCUT2D eigenvalue weighted by Gasteiger charge is 1.98. The molecule has 0 aliphatic carbocycles. The molecule has 0 heterocycles. The number of hydrogen-bond acceptors (Lipinski definition) is 4. The maximum absolute atomic E-state index is 10.5. The Hall–Kier alpha value is -0.140. The average Bonchev–Trinajstić information content (AvgIpc) is 1.60. The van der Waals surface area contributed by atoms with E-state index >= 15 is 0 Å². The Morgan fingerprint density at radius 2 is 1.55 bits per heavy atom. The summed E-state index contributed by atoms with van der Waals surface area (Å²) in [7, 11) is -7.50. The van der Waals surface area contributed by atoms with Gasteiger partial charge in [0.25, 0.3) is 0 Å². The van der Waals surface area contributed by atoms with Crippen molar-refractivity contribution in [1.82, 2.24) is 0 Å². The molecule has 0 aromatic rings. The molecule has 0 saturated carbocycles. The van der Waals surface area contributed by atoms with E-state index in [1.54, 1.807) is 0 Å². The van der Waals surface area contributed by atoms with Crippen molar-refractivity contribution in [2.24, 2.45) is 0 Å². The number of hydrogen-bond donors (Lipinski definition) is 0. The first-order valence-electron chi connectivity index (χ1n) is 2.44. The summed E-state index contributed by atoms with van der Waals surface area (Å²) in [5.74, 6) is -0.292. The van der Waals surface area contributed by atoms with Gasteiger partial charge in [0.2, 0.25) is 0 Å². The van der Waals surface area contributed by atoms with Gasteiger partial charge in [0, 0.05) is 12.0 Å². The van der Waals surface area contributed by atoms with Crippen LogP contribution < -0.4 is 0 Å². The Balaban J connectivity index is 0. The van der Waals surface area contributed by atoms with E-state index < -0.39 is 20.0 Å². The summed E-state index contributed by atoms with van der Waals surface area (Å²) in [6.45, 7) is 1.32. The van der Waals surface area contributed by atoms with Crippen molar-refractivity contribution in [1.29, 1.82) is 0 Å². The predicted molar refractivity (Wildman–Crippen MR) is 44.4 cm³/mol. The molecule has 7 heteroatoms. The largest absolute Gasteiger partial charge is 0.436 e. The van der Waals surface area contributed by atoms with Crippen molar-refractivity contribution in [3.8, 4) is 0 Å². The lowest BCUT2D eigenvalue weighted by atomic mass is 11.0. The second-order valence-electron chi connectivity index (χ2n) is 1.68. The van der Waals surface area contributed by atoms with Gasteiger partial charge in [0.1, 0.15) is 0 Å². The summed E-state index contributed by atoms with van der Waals surface area (Å²) in [6, 6.07) is 0. The van der Waals surface area contributed by atoms with Gasteiger partial charge in [-0.3, -0.25) is 0 Å². The van der Waals surface area contributed by atoms with Gasteiger partial charge in [-0.15, -0.1) is 0 Å². The molecule has 0 saturated heterocycles. The summed E-state index contributed by atoms with van der Waals surface area (Å²) in [6.07, 6.45) is 0.736. The maximum Gasteiger partial charge on any atom is 0.0827 e. The molecule has 0 radical (unpaired) electrons. The van der Waals surface area contributed by atoms with Crippen LogP contribution in [-0.2, 0) is 20.0 Å². The summed E-state index contributed by atoms with van der Waals surface area (Å²) < 4.78 is 44.1. The zero-order chi connectivity index (χ0) is 8.41. The third kappa shape index (κ3) is 7.76. The van der Waals surface area contributed by atoms with E-state index in [0.29, 0.717) is 0 Å². The lowest BCUT2D eigenvalue weighted by Crippen LogP contribution is -2.06. The van der Waals surface area contributed by atoms with Crippen molar-refractivity contribution in [2.45, 2.75) is 14.4 Å². The number of nitrogens with zero attached hydrogens (tertiary/aromatic N) is 1. The molecular weight excluding hydrogens is 190 g/mol. The minimum absolute atomic E-state index is 0. The zero-order valence-electron chi connectivity index (χ0n) is 5.60.